The first kappa shape index (κ1) is 20.5. The molecule has 0 aromatic rings. The van der Waals surface area contributed by atoms with Crippen LogP contribution in [-0.4, -0.2) is 45.6 Å². The number of ketones is 1. The summed E-state index contributed by atoms with van der Waals surface area (Å²) in [6, 6.07) is 0.518. The second kappa shape index (κ2) is 12.1. The number of carbonyl (C=O) groups is 1. The molecule has 0 aliphatic heterocycles. The monoisotopic (exact) mass is 318 g/mol. The molecule has 1 unspecified atom stereocenters. The average Bonchev–Trinajstić information content (AvgIpc) is 2.52. The van der Waals surface area contributed by atoms with Crippen molar-refractivity contribution >= 4 is 14.6 Å². The Labute approximate surface area is 129 Å². The molecule has 5 nitrogen and oxygen atoms in total. The van der Waals surface area contributed by atoms with Crippen LogP contribution < -0.4 is 0 Å². The Morgan fingerprint density at radius 1 is 1.24 bits per heavy atom. The van der Waals surface area contributed by atoms with Crippen molar-refractivity contribution < 1.29 is 23.2 Å². The van der Waals surface area contributed by atoms with Gasteiger partial charge in [-0.2, -0.15) is 0 Å². The number of hydrogen-bond acceptors (Lipinski definition) is 5. The number of hydrogen-bond donors (Lipinski definition) is 1. The maximum absolute atomic E-state index is 11.9. The normalized spacial score (nSPS) is 13.1. The van der Waals surface area contributed by atoms with Crippen LogP contribution in [0.3, 0.4) is 0 Å². The Morgan fingerprint density at radius 3 is 2.19 bits per heavy atom. The van der Waals surface area contributed by atoms with Crippen LogP contribution >= 0.6 is 0 Å². The van der Waals surface area contributed by atoms with Crippen LogP contribution in [0.25, 0.3) is 0 Å². The molecule has 0 bridgehead atoms. The van der Waals surface area contributed by atoms with Crippen molar-refractivity contribution in [2.24, 2.45) is 0 Å². The fourth-order valence-corrected chi connectivity index (χ4v) is 4.78. The van der Waals surface area contributed by atoms with Crippen molar-refractivity contribution in [2.45, 2.75) is 58.6 Å². The van der Waals surface area contributed by atoms with E-state index in [1.54, 1.807) is 0 Å². The van der Waals surface area contributed by atoms with Crippen molar-refractivity contribution in [2.75, 3.05) is 19.8 Å². The molecule has 0 aliphatic carbocycles. The summed E-state index contributed by atoms with van der Waals surface area (Å²) in [5.74, 6) is -0.154. The molecule has 1 atom stereocenters. The summed E-state index contributed by atoms with van der Waals surface area (Å²) in [6.07, 6.45) is 3.47. The molecule has 0 heterocycles. The minimum absolute atomic E-state index is 0.0509. The lowest BCUT2D eigenvalue weighted by Crippen LogP contribution is -2.50. The van der Waals surface area contributed by atoms with E-state index in [9.17, 15) is 4.79 Å². The molecule has 0 spiro atoms. The summed E-state index contributed by atoms with van der Waals surface area (Å²) in [7, 11) is -2.95. The zero-order chi connectivity index (χ0) is 16.1. The number of carbonyl (C=O) groups excluding carboxylic acids is 1. The van der Waals surface area contributed by atoms with Gasteiger partial charge in [-0.3, -0.25) is 4.79 Å². The van der Waals surface area contributed by atoms with Crippen molar-refractivity contribution in [1.29, 1.82) is 0 Å². The Hall–Kier alpha value is -0.533. The van der Waals surface area contributed by atoms with E-state index in [4.69, 9.17) is 18.4 Å². The molecule has 6 heteroatoms. The molecule has 0 amide bonds. The van der Waals surface area contributed by atoms with Gasteiger partial charge in [0.05, 0.1) is 0 Å². The standard InChI is InChI=1S/C15H30O5Si/c1-5-11-18-21(13-9-10-16,19-12-6-2)20-15(8-4)14(17)7-3/h7,15-16H,3,5-6,8-13H2,1-2,4H3. The van der Waals surface area contributed by atoms with E-state index in [0.717, 1.165) is 12.8 Å². The Balaban J connectivity index is 5.07. The van der Waals surface area contributed by atoms with E-state index in [2.05, 4.69) is 6.58 Å². The predicted octanol–water partition coefficient (Wildman–Crippen LogP) is 2.71. The topological polar surface area (TPSA) is 65.0 Å². The maximum Gasteiger partial charge on any atom is 0.501 e. The zero-order valence-electron chi connectivity index (χ0n) is 13.6. The Morgan fingerprint density at radius 2 is 1.81 bits per heavy atom. The molecule has 0 radical (unpaired) electrons. The molecule has 21 heavy (non-hydrogen) atoms. The molecule has 1 N–H and O–H groups in total. The summed E-state index contributed by atoms with van der Waals surface area (Å²) < 4.78 is 17.8. The quantitative estimate of drug-likeness (QED) is 0.394. The highest BCUT2D eigenvalue weighted by Crippen LogP contribution is 2.22. The molecule has 0 fully saturated rings. The van der Waals surface area contributed by atoms with Crippen LogP contribution in [0.5, 0.6) is 0 Å². The minimum atomic E-state index is -2.95. The third-order valence-corrected chi connectivity index (χ3v) is 5.80. The Kier molecular flexibility index (Phi) is 11.7. The van der Waals surface area contributed by atoms with Gasteiger partial charge in [-0.05, 0) is 31.8 Å². The first-order valence-corrected chi connectivity index (χ1v) is 9.75. The fourth-order valence-electron chi connectivity index (χ4n) is 1.81. The highest BCUT2D eigenvalue weighted by molar-refractivity contribution is 6.61. The molecule has 0 rings (SSSR count). The van der Waals surface area contributed by atoms with Crippen LogP contribution in [0.2, 0.25) is 6.04 Å². The van der Waals surface area contributed by atoms with E-state index in [1.165, 1.54) is 6.08 Å². The lowest BCUT2D eigenvalue weighted by Gasteiger charge is -2.32. The zero-order valence-corrected chi connectivity index (χ0v) is 14.6. The van der Waals surface area contributed by atoms with Gasteiger partial charge < -0.3 is 18.4 Å². The molecule has 0 saturated carbocycles. The average molecular weight is 318 g/mol. The molecule has 0 saturated heterocycles. The SMILES string of the molecule is C=CC(=O)C(CC)O[Si](CCCO)(OCCC)OCCC. The van der Waals surface area contributed by atoms with Gasteiger partial charge in [0.1, 0.15) is 6.10 Å². The van der Waals surface area contributed by atoms with Crippen LogP contribution in [0.1, 0.15) is 46.5 Å². The highest BCUT2D eigenvalue weighted by atomic mass is 28.4. The van der Waals surface area contributed by atoms with E-state index < -0.39 is 14.9 Å². The molecular weight excluding hydrogens is 288 g/mol. The van der Waals surface area contributed by atoms with Crippen LogP contribution in [0.15, 0.2) is 12.7 Å². The molecule has 0 aromatic carbocycles. The van der Waals surface area contributed by atoms with E-state index in [0.29, 0.717) is 32.1 Å². The van der Waals surface area contributed by atoms with Gasteiger partial charge in [0, 0.05) is 25.9 Å². The number of aliphatic hydroxyl groups excluding tert-OH is 1. The van der Waals surface area contributed by atoms with Gasteiger partial charge in [-0.25, -0.2) is 0 Å². The second-order valence-corrected chi connectivity index (χ2v) is 7.51. The van der Waals surface area contributed by atoms with Crippen LogP contribution in [-0.2, 0) is 18.1 Å². The maximum atomic E-state index is 11.9. The second-order valence-electron chi connectivity index (χ2n) is 4.83. The molecule has 0 aliphatic rings. The van der Waals surface area contributed by atoms with Gasteiger partial charge in [-0.15, -0.1) is 0 Å². The lowest BCUT2D eigenvalue weighted by molar-refractivity contribution is -0.123. The number of rotatable bonds is 14. The summed E-state index contributed by atoms with van der Waals surface area (Å²) >= 11 is 0. The summed E-state index contributed by atoms with van der Waals surface area (Å²) in [5.41, 5.74) is 0. The van der Waals surface area contributed by atoms with Gasteiger partial charge >= 0.3 is 8.80 Å². The van der Waals surface area contributed by atoms with Gasteiger partial charge in [0.2, 0.25) is 0 Å². The van der Waals surface area contributed by atoms with E-state index >= 15 is 0 Å². The molecule has 0 aromatic heterocycles. The molecular formula is C15H30O5Si. The fraction of sp³-hybridized carbons (Fsp3) is 0.800. The third-order valence-electron chi connectivity index (χ3n) is 2.90. The van der Waals surface area contributed by atoms with Gasteiger partial charge in [0.25, 0.3) is 0 Å². The Bertz CT molecular complexity index is 274. The third kappa shape index (κ3) is 7.87. The summed E-state index contributed by atoms with van der Waals surface area (Å²) in [4.78, 5) is 11.9. The highest BCUT2D eigenvalue weighted by Gasteiger charge is 2.43. The first-order chi connectivity index (χ1) is 10.1. The largest absolute Gasteiger partial charge is 0.501 e. The van der Waals surface area contributed by atoms with Crippen molar-refractivity contribution in [3.8, 4) is 0 Å². The van der Waals surface area contributed by atoms with E-state index in [-0.39, 0.29) is 12.4 Å². The summed E-state index contributed by atoms with van der Waals surface area (Å²) in [5, 5.41) is 9.10. The minimum Gasteiger partial charge on any atom is -0.396 e. The number of aliphatic hydroxyl groups is 1. The van der Waals surface area contributed by atoms with Crippen molar-refractivity contribution in [1.82, 2.24) is 0 Å². The van der Waals surface area contributed by atoms with Crippen molar-refractivity contribution in [3.63, 3.8) is 0 Å². The summed E-state index contributed by atoms with van der Waals surface area (Å²) in [6.45, 7) is 10.5. The smallest absolute Gasteiger partial charge is 0.396 e. The van der Waals surface area contributed by atoms with Crippen molar-refractivity contribution in [3.05, 3.63) is 12.7 Å². The predicted molar refractivity (Wildman–Crippen MR) is 85.1 cm³/mol. The lowest BCUT2D eigenvalue weighted by atomic mass is 10.2. The first-order valence-electron chi connectivity index (χ1n) is 7.81. The van der Waals surface area contributed by atoms with Crippen LogP contribution in [0, 0.1) is 0 Å². The van der Waals surface area contributed by atoms with E-state index in [1.807, 2.05) is 20.8 Å². The molecule has 124 valence electrons. The van der Waals surface area contributed by atoms with Gasteiger partial charge in [-0.1, -0.05) is 27.4 Å². The van der Waals surface area contributed by atoms with Gasteiger partial charge in [0.15, 0.2) is 5.78 Å². The van der Waals surface area contributed by atoms with Crippen LogP contribution in [0.4, 0.5) is 0 Å².